The van der Waals surface area contributed by atoms with Gasteiger partial charge >= 0.3 is 0 Å². The Bertz CT molecular complexity index is 495. The molecule has 22 heavy (non-hydrogen) atoms. The molecular formula is C17H25FN2O2. The summed E-state index contributed by atoms with van der Waals surface area (Å²) in [5.41, 5.74) is 6.50. The summed E-state index contributed by atoms with van der Waals surface area (Å²) in [5, 5.41) is 0. The maximum Gasteiger partial charge on any atom is 0.251 e. The molecule has 2 N–H and O–H groups in total. The number of amides is 1. The fourth-order valence-electron chi connectivity index (χ4n) is 2.82. The Balaban J connectivity index is 1.93. The van der Waals surface area contributed by atoms with Gasteiger partial charge in [-0.2, -0.15) is 0 Å². The maximum absolute atomic E-state index is 13.2. The van der Waals surface area contributed by atoms with E-state index in [9.17, 15) is 9.18 Å². The van der Waals surface area contributed by atoms with Crippen LogP contribution in [0.4, 0.5) is 4.39 Å². The molecule has 0 unspecified atom stereocenters. The van der Waals surface area contributed by atoms with Crippen LogP contribution in [0.5, 0.6) is 0 Å². The number of halogens is 1. The lowest BCUT2D eigenvalue weighted by Gasteiger charge is -2.25. The van der Waals surface area contributed by atoms with Crippen molar-refractivity contribution >= 4 is 5.91 Å². The highest BCUT2D eigenvalue weighted by Gasteiger charge is 2.32. The molecule has 5 heteroatoms. The highest BCUT2D eigenvalue weighted by Crippen LogP contribution is 2.21. The lowest BCUT2D eigenvalue weighted by atomic mass is 10.1. The second kappa shape index (κ2) is 8.25. The van der Waals surface area contributed by atoms with Crippen molar-refractivity contribution in [3.8, 4) is 0 Å². The molecule has 2 rings (SSSR count). The smallest absolute Gasteiger partial charge is 0.251 e. The number of hydrogen-bond acceptors (Lipinski definition) is 3. The van der Waals surface area contributed by atoms with Gasteiger partial charge in [-0.1, -0.05) is 19.1 Å². The van der Waals surface area contributed by atoms with Gasteiger partial charge in [0.1, 0.15) is 11.9 Å². The van der Waals surface area contributed by atoms with E-state index in [4.69, 9.17) is 10.5 Å². The summed E-state index contributed by atoms with van der Waals surface area (Å²) in [6.07, 6.45) is 2.75. The molecular weight excluding hydrogens is 283 g/mol. The fourth-order valence-corrected chi connectivity index (χ4v) is 2.82. The van der Waals surface area contributed by atoms with Gasteiger partial charge in [-0.25, -0.2) is 4.39 Å². The molecule has 4 nitrogen and oxygen atoms in total. The third-order valence-electron chi connectivity index (χ3n) is 4.01. The first kappa shape index (κ1) is 16.9. The van der Waals surface area contributed by atoms with E-state index in [2.05, 4.69) is 0 Å². The molecule has 0 saturated carbocycles. The second-order valence-electron chi connectivity index (χ2n) is 5.76. The maximum atomic E-state index is 13.2. The highest BCUT2D eigenvalue weighted by molar-refractivity contribution is 5.81. The summed E-state index contributed by atoms with van der Waals surface area (Å²) >= 11 is 0. The first-order chi connectivity index (χ1) is 10.6. The number of rotatable bonds is 7. The molecule has 1 saturated heterocycles. The van der Waals surface area contributed by atoms with Crippen LogP contribution in [0.15, 0.2) is 24.3 Å². The lowest BCUT2D eigenvalue weighted by Crippen LogP contribution is -2.41. The van der Waals surface area contributed by atoms with Gasteiger partial charge in [-0.05, 0) is 43.4 Å². The normalized spacial score (nSPS) is 21.0. The zero-order valence-electron chi connectivity index (χ0n) is 13.1. The van der Waals surface area contributed by atoms with Crippen molar-refractivity contribution < 1.29 is 13.9 Å². The average Bonchev–Trinajstić information content (AvgIpc) is 3.00. The molecule has 1 aliphatic rings. The van der Waals surface area contributed by atoms with Crippen LogP contribution in [0, 0.1) is 5.82 Å². The van der Waals surface area contributed by atoms with E-state index in [0.29, 0.717) is 26.1 Å². The van der Waals surface area contributed by atoms with E-state index in [1.165, 1.54) is 12.1 Å². The predicted octanol–water partition coefficient (Wildman–Crippen LogP) is 2.11. The van der Waals surface area contributed by atoms with Gasteiger partial charge in [0.05, 0.1) is 6.10 Å². The number of nitrogens with zero attached hydrogens (tertiary/aromatic N) is 1. The van der Waals surface area contributed by atoms with Crippen LogP contribution in [0.25, 0.3) is 0 Å². The summed E-state index contributed by atoms with van der Waals surface area (Å²) in [7, 11) is 0. The number of nitrogens with two attached hydrogens (primary N) is 1. The molecule has 0 bridgehead atoms. The van der Waals surface area contributed by atoms with Crippen molar-refractivity contribution in [1.29, 1.82) is 0 Å². The molecule has 1 amide bonds. The Labute approximate surface area is 131 Å². The van der Waals surface area contributed by atoms with E-state index in [1.807, 2.05) is 17.9 Å². The molecule has 1 aliphatic heterocycles. The number of benzene rings is 1. The third kappa shape index (κ3) is 4.52. The predicted molar refractivity (Wildman–Crippen MR) is 83.9 cm³/mol. The Morgan fingerprint density at radius 3 is 2.86 bits per heavy atom. The zero-order chi connectivity index (χ0) is 15.9. The lowest BCUT2D eigenvalue weighted by molar-refractivity contribution is -0.142. The first-order valence-corrected chi connectivity index (χ1v) is 8.02. The van der Waals surface area contributed by atoms with E-state index >= 15 is 0 Å². The summed E-state index contributed by atoms with van der Waals surface area (Å²) < 4.78 is 18.9. The minimum atomic E-state index is -0.368. The van der Waals surface area contributed by atoms with Crippen LogP contribution in [0.2, 0.25) is 0 Å². The summed E-state index contributed by atoms with van der Waals surface area (Å²) in [4.78, 5) is 14.4. The van der Waals surface area contributed by atoms with E-state index in [-0.39, 0.29) is 23.9 Å². The van der Waals surface area contributed by atoms with Gasteiger partial charge in [0.15, 0.2) is 0 Å². The quantitative estimate of drug-likeness (QED) is 0.839. The topological polar surface area (TPSA) is 55.6 Å². The van der Waals surface area contributed by atoms with Crippen molar-refractivity contribution in [2.45, 2.75) is 44.8 Å². The minimum Gasteiger partial charge on any atom is -0.364 e. The van der Waals surface area contributed by atoms with Gasteiger partial charge in [0, 0.05) is 19.6 Å². The van der Waals surface area contributed by atoms with Crippen LogP contribution in [-0.2, 0) is 16.0 Å². The van der Waals surface area contributed by atoms with Gasteiger partial charge < -0.3 is 15.4 Å². The average molecular weight is 308 g/mol. The van der Waals surface area contributed by atoms with E-state index in [1.54, 1.807) is 6.07 Å². The number of ether oxygens (including phenoxy) is 1. The molecule has 1 heterocycles. The molecule has 1 aromatic rings. The van der Waals surface area contributed by atoms with Gasteiger partial charge in [-0.15, -0.1) is 0 Å². The van der Waals surface area contributed by atoms with Gasteiger partial charge in [-0.3, -0.25) is 4.79 Å². The largest absolute Gasteiger partial charge is 0.364 e. The molecule has 0 aliphatic carbocycles. The Morgan fingerprint density at radius 2 is 2.23 bits per heavy atom. The number of carbonyl (C=O) groups is 1. The summed E-state index contributed by atoms with van der Waals surface area (Å²) in [5.74, 6) is -0.204. The zero-order valence-corrected chi connectivity index (χ0v) is 13.1. The summed E-state index contributed by atoms with van der Waals surface area (Å²) in [6, 6.07) is 6.53. The number of carbonyl (C=O) groups excluding carboxylic acids is 1. The van der Waals surface area contributed by atoms with Crippen LogP contribution in [-0.4, -0.2) is 42.6 Å². The van der Waals surface area contributed by atoms with Gasteiger partial charge in [0.2, 0.25) is 0 Å². The van der Waals surface area contributed by atoms with E-state index in [0.717, 1.165) is 24.8 Å². The highest BCUT2D eigenvalue weighted by atomic mass is 19.1. The third-order valence-corrected chi connectivity index (χ3v) is 4.01. The Morgan fingerprint density at radius 1 is 1.41 bits per heavy atom. The number of hydrogen-bond donors (Lipinski definition) is 1. The second-order valence-corrected chi connectivity index (χ2v) is 5.76. The van der Waals surface area contributed by atoms with Crippen LogP contribution < -0.4 is 5.73 Å². The SMILES string of the molecule is CCCN(CCc1cccc(F)c1)C(=O)[C@@H]1CC[C@H](CN)O1. The van der Waals surface area contributed by atoms with Crippen molar-refractivity contribution in [3.05, 3.63) is 35.6 Å². The molecule has 1 fully saturated rings. The van der Waals surface area contributed by atoms with E-state index < -0.39 is 0 Å². The minimum absolute atomic E-state index is 0.000598. The van der Waals surface area contributed by atoms with Crippen molar-refractivity contribution in [2.75, 3.05) is 19.6 Å². The van der Waals surface area contributed by atoms with Crippen molar-refractivity contribution in [2.24, 2.45) is 5.73 Å². The molecule has 0 spiro atoms. The van der Waals surface area contributed by atoms with Crippen LogP contribution >= 0.6 is 0 Å². The van der Waals surface area contributed by atoms with Crippen LogP contribution in [0.3, 0.4) is 0 Å². The summed E-state index contributed by atoms with van der Waals surface area (Å²) in [6.45, 7) is 3.78. The Hall–Kier alpha value is -1.46. The first-order valence-electron chi connectivity index (χ1n) is 8.02. The fraction of sp³-hybridized carbons (Fsp3) is 0.588. The molecule has 1 aromatic carbocycles. The molecule has 0 radical (unpaired) electrons. The van der Waals surface area contributed by atoms with Crippen molar-refractivity contribution in [3.63, 3.8) is 0 Å². The van der Waals surface area contributed by atoms with Crippen LogP contribution in [0.1, 0.15) is 31.7 Å². The molecule has 0 aromatic heterocycles. The molecule has 2 atom stereocenters. The monoisotopic (exact) mass is 308 g/mol. The van der Waals surface area contributed by atoms with Crippen molar-refractivity contribution in [1.82, 2.24) is 4.90 Å². The van der Waals surface area contributed by atoms with Gasteiger partial charge in [0.25, 0.3) is 5.91 Å². The molecule has 122 valence electrons. The Kier molecular flexibility index (Phi) is 6.34. The standard InChI is InChI=1S/C17H25FN2O2/c1-2-9-20(10-8-13-4-3-5-14(18)11-13)17(21)16-7-6-15(12-19)22-16/h3-5,11,15-16H,2,6-10,12,19H2,1H3/t15-,16+/m1/s1.